The minimum Gasteiger partial charge on any atom is -0.373 e. The maximum absolute atomic E-state index is 12.7. The Kier molecular flexibility index (Phi) is 6.52. The van der Waals surface area contributed by atoms with Crippen LogP contribution in [0.15, 0.2) is 53.5 Å². The average molecular weight is 461 g/mol. The standard InChI is InChI=1S/C27H29ClN4O/c1-16(2)15-32(5)26-13-25-24(12-22(26)28)31-27(33)14-23(30-25)20-8-6-7-19(11-20)21-9-17(3)29-18(4)10-21/h6-13,16H,14-15H2,1-5H3,(H,31,33). The number of aliphatic imine (C=N–C) groups is 1. The maximum atomic E-state index is 12.7. The highest BCUT2D eigenvalue weighted by Crippen LogP contribution is 2.38. The van der Waals surface area contributed by atoms with Crippen molar-refractivity contribution in [2.45, 2.75) is 34.1 Å². The minimum absolute atomic E-state index is 0.104. The first-order chi connectivity index (χ1) is 15.7. The van der Waals surface area contributed by atoms with Crippen LogP contribution in [0.4, 0.5) is 17.1 Å². The highest BCUT2D eigenvalue weighted by molar-refractivity contribution is 6.34. The lowest BCUT2D eigenvalue weighted by Gasteiger charge is -2.23. The number of hydrogen-bond donors (Lipinski definition) is 1. The number of aryl methyl sites for hydroxylation is 2. The molecule has 170 valence electrons. The van der Waals surface area contributed by atoms with Gasteiger partial charge in [0.15, 0.2) is 0 Å². The van der Waals surface area contributed by atoms with Crippen LogP contribution in [0.3, 0.4) is 0 Å². The zero-order chi connectivity index (χ0) is 23.7. The number of nitrogens with one attached hydrogen (secondary N) is 1. The van der Waals surface area contributed by atoms with Crippen LogP contribution in [0.5, 0.6) is 0 Å². The summed E-state index contributed by atoms with van der Waals surface area (Å²) in [5.41, 5.74) is 8.04. The predicted molar refractivity (Wildman–Crippen MR) is 138 cm³/mol. The maximum Gasteiger partial charge on any atom is 0.230 e. The monoisotopic (exact) mass is 460 g/mol. The Morgan fingerprint density at radius 2 is 1.73 bits per heavy atom. The van der Waals surface area contributed by atoms with Gasteiger partial charge >= 0.3 is 0 Å². The Hall–Kier alpha value is -3.18. The van der Waals surface area contributed by atoms with Gasteiger partial charge in [0.2, 0.25) is 5.91 Å². The van der Waals surface area contributed by atoms with Crippen LogP contribution in [0, 0.1) is 19.8 Å². The number of benzene rings is 2. The van der Waals surface area contributed by atoms with Crippen LogP contribution in [-0.2, 0) is 4.79 Å². The SMILES string of the molecule is Cc1cc(-c2cccc(C3=Nc4cc(N(C)CC(C)C)c(Cl)cc4NC(=O)C3)c2)cc(C)n1. The van der Waals surface area contributed by atoms with E-state index >= 15 is 0 Å². The van der Waals surface area contributed by atoms with E-state index in [1.54, 1.807) is 6.07 Å². The molecule has 2 heterocycles. The molecule has 6 heteroatoms. The van der Waals surface area contributed by atoms with E-state index in [0.29, 0.717) is 22.3 Å². The van der Waals surface area contributed by atoms with Crippen LogP contribution in [0.2, 0.25) is 5.02 Å². The van der Waals surface area contributed by atoms with E-state index in [1.807, 2.05) is 39.1 Å². The Morgan fingerprint density at radius 3 is 2.42 bits per heavy atom. The van der Waals surface area contributed by atoms with Gasteiger partial charge in [0.25, 0.3) is 0 Å². The number of nitrogens with zero attached hydrogens (tertiary/aromatic N) is 3. The molecule has 0 saturated carbocycles. The number of fused-ring (bicyclic) bond motifs is 1. The fourth-order valence-corrected chi connectivity index (χ4v) is 4.57. The molecule has 1 aliphatic rings. The molecule has 3 aromatic rings. The van der Waals surface area contributed by atoms with Gasteiger partial charge in [0, 0.05) is 25.0 Å². The second-order valence-corrected chi connectivity index (χ2v) is 9.51. The summed E-state index contributed by atoms with van der Waals surface area (Å²) in [6.45, 7) is 9.20. The van der Waals surface area contributed by atoms with Gasteiger partial charge in [0.1, 0.15) is 0 Å². The largest absolute Gasteiger partial charge is 0.373 e. The number of carbonyl (C=O) groups is 1. The number of carbonyl (C=O) groups excluding carboxylic acids is 1. The van der Waals surface area contributed by atoms with Gasteiger partial charge in [-0.15, -0.1) is 0 Å². The van der Waals surface area contributed by atoms with E-state index in [2.05, 4.69) is 53.3 Å². The number of anilines is 2. The van der Waals surface area contributed by atoms with E-state index in [1.165, 1.54) is 0 Å². The van der Waals surface area contributed by atoms with Gasteiger partial charge in [-0.2, -0.15) is 0 Å². The third kappa shape index (κ3) is 5.25. The topological polar surface area (TPSA) is 57.6 Å². The molecule has 4 rings (SSSR count). The Bertz CT molecular complexity index is 1230. The number of pyridine rings is 1. The Balaban J connectivity index is 1.77. The number of rotatable bonds is 5. The molecule has 0 aliphatic carbocycles. The predicted octanol–water partition coefficient (Wildman–Crippen LogP) is 6.57. The summed E-state index contributed by atoms with van der Waals surface area (Å²) < 4.78 is 0. The van der Waals surface area contributed by atoms with Gasteiger partial charge in [-0.1, -0.05) is 43.6 Å². The van der Waals surface area contributed by atoms with Crippen LogP contribution in [-0.4, -0.2) is 30.2 Å². The van der Waals surface area contributed by atoms with Crippen LogP contribution < -0.4 is 10.2 Å². The summed E-state index contributed by atoms with van der Waals surface area (Å²) in [5, 5.41) is 3.56. The third-order valence-electron chi connectivity index (χ3n) is 5.58. The van der Waals surface area contributed by atoms with E-state index < -0.39 is 0 Å². The second-order valence-electron chi connectivity index (χ2n) is 9.10. The summed E-state index contributed by atoms with van der Waals surface area (Å²) in [7, 11) is 2.02. The van der Waals surface area contributed by atoms with Crippen LogP contribution in [0.25, 0.3) is 11.1 Å². The lowest BCUT2D eigenvalue weighted by molar-refractivity contribution is -0.115. The summed E-state index contributed by atoms with van der Waals surface area (Å²) in [6.07, 6.45) is 0.196. The van der Waals surface area contributed by atoms with Gasteiger partial charge in [-0.25, -0.2) is 0 Å². The average Bonchev–Trinajstić information content (AvgIpc) is 2.89. The van der Waals surface area contributed by atoms with Crippen molar-refractivity contribution in [3.8, 4) is 11.1 Å². The van der Waals surface area contributed by atoms with Crippen molar-refractivity contribution in [1.29, 1.82) is 0 Å². The van der Waals surface area contributed by atoms with Crippen molar-refractivity contribution >= 4 is 40.3 Å². The quantitative estimate of drug-likeness (QED) is 0.468. The number of halogens is 1. The zero-order valence-electron chi connectivity index (χ0n) is 19.7. The lowest BCUT2D eigenvalue weighted by atomic mass is 9.99. The minimum atomic E-state index is -0.104. The number of hydrogen-bond acceptors (Lipinski definition) is 4. The second kappa shape index (κ2) is 9.36. The van der Waals surface area contributed by atoms with Crippen molar-refractivity contribution in [3.63, 3.8) is 0 Å². The smallest absolute Gasteiger partial charge is 0.230 e. The molecule has 0 unspecified atom stereocenters. The molecular weight excluding hydrogens is 432 g/mol. The summed E-state index contributed by atoms with van der Waals surface area (Å²) in [6, 6.07) is 16.1. The molecule has 0 fully saturated rings. The summed E-state index contributed by atoms with van der Waals surface area (Å²) in [5.74, 6) is 0.389. The van der Waals surface area contributed by atoms with E-state index in [4.69, 9.17) is 16.6 Å². The first-order valence-corrected chi connectivity index (χ1v) is 11.6. The molecule has 5 nitrogen and oxygen atoms in total. The van der Waals surface area contributed by atoms with Crippen molar-refractivity contribution in [2.75, 3.05) is 23.8 Å². The molecule has 2 aromatic carbocycles. The van der Waals surface area contributed by atoms with Crippen molar-refractivity contribution in [1.82, 2.24) is 4.98 Å². The van der Waals surface area contributed by atoms with Gasteiger partial charge in [0.05, 0.1) is 34.2 Å². The molecule has 0 radical (unpaired) electrons. The number of aromatic nitrogens is 1. The molecule has 0 spiro atoms. The highest BCUT2D eigenvalue weighted by atomic mass is 35.5. The van der Waals surface area contributed by atoms with E-state index in [-0.39, 0.29) is 12.3 Å². The fraction of sp³-hybridized carbons (Fsp3) is 0.296. The zero-order valence-corrected chi connectivity index (χ0v) is 20.5. The van der Waals surface area contributed by atoms with Crippen molar-refractivity contribution in [2.24, 2.45) is 10.9 Å². The van der Waals surface area contributed by atoms with Gasteiger partial charge < -0.3 is 10.2 Å². The first-order valence-electron chi connectivity index (χ1n) is 11.2. The lowest BCUT2D eigenvalue weighted by Crippen LogP contribution is -2.22. The Morgan fingerprint density at radius 1 is 1.03 bits per heavy atom. The normalized spacial score (nSPS) is 13.3. The molecule has 1 amide bonds. The van der Waals surface area contributed by atoms with Crippen LogP contribution in [0.1, 0.15) is 37.2 Å². The summed E-state index contributed by atoms with van der Waals surface area (Å²) in [4.78, 5) is 24.2. The Labute approximate surface area is 200 Å². The fourth-order valence-electron chi connectivity index (χ4n) is 4.26. The molecule has 1 aromatic heterocycles. The molecule has 0 saturated heterocycles. The molecule has 1 N–H and O–H groups in total. The molecule has 1 aliphatic heterocycles. The molecular formula is C27H29ClN4O. The summed E-state index contributed by atoms with van der Waals surface area (Å²) >= 11 is 6.56. The number of amides is 1. The van der Waals surface area contributed by atoms with Crippen LogP contribution >= 0.6 is 11.6 Å². The van der Waals surface area contributed by atoms with E-state index in [0.717, 1.165) is 46.0 Å². The molecule has 0 bridgehead atoms. The third-order valence-corrected chi connectivity index (χ3v) is 5.89. The van der Waals surface area contributed by atoms with Gasteiger partial charge in [-0.05, 0) is 66.8 Å². The first kappa shape index (κ1) is 23.0. The van der Waals surface area contributed by atoms with Crippen molar-refractivity contribution in [3.05, 3.63) is 70.5 Å². The molecule has 0 atom stereocenters. The highest BCUT2D eigenvalue weighted by Gasteiger charge is 2.20. The van der Waals surface area contributed by atoms with E-state index in [9.17, 15) is 4.79 Å². The van der Waals surface area contributed by atoms with Gasteiger partial charge in [-0.3, -0.25) is 14.8 Å². The van der Waals surface area contributed by atoms with Crippen molar-refractivity contribution < 1.29 is 4.79 Å². The molecule has 33 heavy (non-hydrogen) atoms.